The number of aliphatic hydroxyl groups is 2. The van der Waals surface area contributed by atoms with Gasteiger partial charge in [0.25, 0.3) is 5.91 Å². The van der Waals surface area contributed by atoms with Crippen molar-refractivity contribution in [2.75, 3.05) is 40.8 Å². The predicted octanol–water partition coefficient (Wildman–Crippen LogP) is 8.23. The molecule has 3 aromatic rings. The molecule has 0 bridgehead atoms. The molecule has 326 valence electrons. The van der Waals surface area contributed by atoms with Crippen molar-refractivity contribution < 1.29 is 53.1 Å². The number of rotatable bonds is 18. The zero-order valence-electron chi connectivity index (χ0n) is 35.8. The van der Waals surface area contributed by atoms with Gasteiger partial charge >= 0.3 is 0 Å². The van der Waals surface area contributed by atoms with Gasteiger partial charge in [-0.15, -0.1) is 6.58 Å². The van der Waals surface area contributed by atoms with E-state index >= 15 is 0 Å². The van der Waals surface area contributed by atoms with Crippen LogP contribution in [-0.2, 0) is 9.57 Å². The number of ether oxygens (including phenoxy) is 6. The highest BCUT2D eigenvalue weighted by Crippen LogP contribution is 2.62. The van der Waals surface area contributed by atoms with Crippen molar-refractivity contribution in [1.29, 1.82) is 0 Å². The summed E-state index contributed by atoms with van der Waals surface area (Å²) in [7, 11) is 3.28. The Labute approximate surface area is 357 Å². The molecule has 0 radical (unpaired) electrons. The Hall–Kier alpha value is -5.37. The van der Waals surface area contributed by atoms with E-state index in [0.29, 0.717) is 64.2 Å². The van der Waals surface area contributed by atoms with Gasteiger partial charge < -0.3 is 48.4 Å². The number of fused-ring (bicyclic) bond motifs is 3. The van der Waals surface area contributed by atoms with Gasteiger partial charge in [-0.05, 0) is 118 Å². The number of likely N-dealkylation sites (N-methyl/N-ethyl adjacent to an activating group) is 1. The normalized spacial score (nSPS) is 24.1. The zero-order valence-corrected chi connectivity index (χ0v) is 35.8. The van der Waals surface area contributed by atoms with E-state index in [9.17, 15) is 19.8 Å². The molecule has 2 heterocycles. The molecule has 3 aromatic carbocycles. The van der Waals surface area contributed by atoms with Crippen LogP contribution in [0.5, 0.6) is 34.5 Å². The van der Waals surface area contributed by atoms with Crippen molar-refractivity contribution in [3.05, 3.63) is 95.6 Å². The predicted molar refractivity (Wildman–Crippen MR) is 229 cm³/mol. The first kappa shape index (κ1) is 43.7. The van der Waals surface area contributed by atoms with Crippen LogP contribution in [0, 0.1) is 17.8 Å². The molecule has 1 amide bonds. The number of hydrogen-bond donors (Lipinski definition) is 2. The molecule has 2 N–H and O–H groups in total. The zero-order chi connectivity index (χ0) is 43.3. The molecule has 1 fully saturated rings. The first-order chi connectivity index (χ1) is 29.4. The first-order valence-corrected chi connectivity index (χ1v) is 21.2. The molecular weight excluding hydrogens is 781 g/mol. The number of nitrogens with zero attached hydrogens (tertiary/aromatic N) is 2. The maximum Gasteiger partial charge on any atom is 0.254 e. The largest absolute Gasteiger partial charge is 0.496 e. The molecule has 4 aliphatic rings. The number of carbonyl (C=O) groups excluding carboxylic acids is 2. The van der Waals surface area contributed by atoms with Gasteiger partial charge in [-0.25, -0.2) is 0 Å². The van der Waals surface area contributed by atoms with E-state index < -0.39 is 23.3 Å². The number of oxime groups is 1. The number of benzene rings is 3. The second-order valence-corrected chi connectivity index (χ2v) is 17.1. The van der Waals surface area contributed by atoms with E-state index in [0.717, 1.165) is 43.1 Å². The van der Waals surface area contributed by atoms with Gasteiger partial charge in [0.1, 0.15) is 34.6 Å². The van der Waals surface area contributed by atoms with Crippen LogP contribution in [0.2, 0.25) is 0 Å². The van der Waals surface area contributed by atoms with E-state index in [2.05, 4.69) is 12.7 Å². The van der Waals surface area contributed by atoms with Crippen LogP contribution < -0.4 is 23.7 Å². The van der Waals surface area contributed by atoms with Gasteiger partial charge in [0, 0.05) is 43.7 Å². The molecule has 7 rings (SSSR count). The number of amides is 1. The SMILES string of the molecule is C=CCO[C@@]12Oc3ccc(Oc4ccc(OC)c(C=O)c4)cc3[C@H]3[C@H](CCCCO)[C@@H](CCCCO)C=C(C(=NOC(C)(C)C)C[C@@H]1N(C)C(=O)c1ccc4c(c1)OCO4)[C@H]32. The number of allylic oxidation sites excluding steroid dienone is 1. The second-order valence-electron chi connectivity index (χ2n) is 17.1. The number of hydrogen-bond acceptors (Lipinski definition) is 12. The Kier molecular flexibility index (Phi) is 13.4. The third kappa shape index (κ3) is 9.01. The number of methoxy groups -OCH3 is 1. The molecule has 0 saturated heterocycles. The van der Waals surface area contributed by atoms with Crippen LogP contribution >= 0.6 is 0 Å². The average molecular weight is 839 g/mol. The molecule has 6 atom stereocenters. The number of aldehydes is 1. The molecule has 13 nitrogen and oxygen atoms in total. The summed E-state index contributed by atoms with van der Waals surface area (Å²) < 4.78 is 37.3. The molecule has 1 saturated carbocycles. The second kappa shape index (κ2) is 18.7. The summed E-state index contributed by atoms with van der Waals surface area (Å²) in [5.74, 6) is 0.714. The maximum absolute atomic E-state index is 14.7. The first-order valence-electron chi connectivity index (χ1n) is 21.2. The van der Waals surface area contributed by atoms with Crippen molar-refractivity contribution in [2.45, 2.75) is 89.1 Å². The number of unbranched alkanes of at least 4 members (excludes halogenated alkanes) is 2. The van der Waals surface area contributed by atoms with E-state index in [-0.39, 0.29) is 56.7 Å². The minimum Gasteiger partial charge on any atom is -0.496 e. The molecule has 0 aromatic heterocycles. The Morgan fingerprint density at radius 3 is 2.41 bits per heavy atom. The molecule has 0 unspecified atom stereocenters. The number of aliphatic hydroxyl groups excluding tert-OH is 2. The fourth-order valence-corrected chi connectivity index (χ4v) is 9.36. The quantitative estimate of drug-likeness (QED) is 0.0551. The Balaban J connectivity index is 1.42. The minimum atomic E-state index is -1.43. The molecule has 0 spiro atoms. The Morgan fingerprint density at radius 1 is 0.967 bits per heavy atom. The highest BCUT2D eigenvalue weighted by atomic mass is 16.7. The third-order valence-electron chi connectivity index (χ3n) is 12.0. The Morgan fingerprint density at radius 2 is 1.69 bits per heavy atom. The fourth-order valence-electron chi connectivity index (χ4n) is 9.36. The third-order valence-corrected chi connectivity index (χ3v) is 12.0. The highest BCUT2D eigenvalue weighted by molar-refractivity contribution is 6.03. The molecule has 13 heteroatoms. The van der Waals surface area contributed by atoms with Crippen molar-refractivity contribution >= 4 is 17.9 Å². The minimum absolute atomic E-state index is 0.0182. The summed E-state index contributed by atoms with van der Waals surface area (Å²) in [5, 5.41) is 24.7. The standard InChI is InChI=1S/C48H58N2O11/c1-7-22-58-48-43(50(5)46(54)31-14-17-41-42(25-31)57-29-56-41)27-38(49-61-47(2,3)4)36-24-30(12-8-10-20-51)35(13-9-11-21-52)44(45(36)48)37-26-34(16-19-40(37)60-48)59-33-15-18-39(55-6)32(23-33)28-53/h7,14-19,23-26,28,30,35,43-45,51-52H,1,8-13,20-22,27,29H2,2-6H3/t30-,35+,43-,44+,45+,48+/m0/s1. The van der Waals surface area contributed by atoms with Gasteiger partial charge in [0.15, 0.2) is 17.8 Å². The molecule has 2 aliphatic carbocycles. The van der Waals surface area contributed by atoms with Gasteiger partial charge in [-0.2, -0.15) is 0 Å². The van der Waals surface area contributed by atoms with Crippen LogP contribution in [0.15, 0.2) is 84.1 Å². The van der Waals surface area contributed by atoms with Crippen molar-refractivity contribution in [3.63, 3.8) is 0 Å². The molecular formula is C48H58N2O11. The lowest BCUT2D eigenvalue weighted by Crippen LogP contribution is -2.69. The summed E-state index contributed by atoms with van der Waals surface area (Å²) in [4.78, 5) is 34.5. The molecule has 2 aliphatic heterocycles. The lowest BCUT2D eigenvalue weighted by atomic mass is 9.55. The topological polar surface area (TPSA) is 155 Å². The molecule has 61 heavy (non-hydrogen) atoms. The average Bonchev–Trinajstić information content (AvgIpc) is 3.73. The summed E-state index contributed by atoms with van der Waals surface area (Å²) in [6.45, 7) is 10.2. The number of carbonyl (C=O) groups is 2. The van der Waals surface area contributed by atoms with Gasteiger partial charge in [0.05, 0.1) is 30.9 Å². The van der Waals surface area contributed by atoms with Crippen LogP contribution in [0.3, 0.4) is 0 Å². The summed E-state index contributed by atoms with van der Waals surface area (Å²) in [6.07, 6.45) is 9.44. The van der Waals surface area contributed by atoms with Gasteiger partial charge in [-0.1, -0.05) is 30.1 Å². The van der Waals surface area contributed by atoms with Crippen LogP contribution in [0.25, 0.3) is 0 Å². The Bertz CT molecular complexity index is 2140. The summed E-state index contributed by atoms with van der Waals surface area (Å²) in [5.41, 5.74) is 2.68. The summed E-state index contributed by atoms with van der Waals surface area (Å²) in [6, 6.07) is 15.3. The lowest BCUT2D eigenvalue weighted by Gasteiger charge is -2.59. The van der Waals surface area contributed by atoms with Gasteiger partial charge in [-0.3, -0.25) is 9.59 Å². The van der Waals surface area contributed by atoms with E-state index in [4.69, 9.17) is 38.4 Å². The fraction of sp³-hybridized carbons (Fsp3) is 0.479. The lowest BCUT2D eigenvalue weighted by molar-refractivity contribution is -0.252. The van der Waals surface area contributed by atoms with Crippen LogP contribution in [0.1, 0.15) is 97.9 Å². The van der Waals surface area contributed by atoms with Crippen molar-refractivity contribution in [3.8, 4) is 34.5 Å². The maximum atomic E-state index is 14.7. The van der Waals surface area contributed by atoms with E-state index in [1.165, 1.54) is 7.11 Å². The monoisotopic (exact) mass is 838 g/mol. The van der Waals surface area contributed by atoms with Crippen LogP contribution in [0.4, 0.5) is 0 Å². The van der Waals surface area contributed by atoms with Crippen LogP contribution in [-0.4, -0.2) is 91.2 Å². The van der Waals surface area contributed by atoms with E-state index in [1.54, 1.807) is 54.4 Å². The van der Waals surface area contributed by atoms with Gasteiger partial charge in [0.2, 0.25) is 12.6 Å². The highest BCUT2D eigenvalue weighted by Gasteiger charge is 2.65. The van der Waals surface area contributed by atoms with E-state index in [1.807, 2.05) is 39.0 Å². The van der Waals surface area contributed by atoms with Crippen molar-refractivity contribution in [1.82, 2.24) is 4.90 Å². The van der Waals surface area contributed by atoms with Crippen molar-refractivity contribution in [2.24, 2.45) is 22.9 Å². The summed E-state index contributed by atoms with van der Waals surface area (Å²) >= 11 is 0. The smallest absolute Gasteiger partial charge is 0.254 e.